The molecule has 1 aromatic carbocycles. The van der Waals surface area contributed by atoms with Crippen molar-refractivity contribution in [1.29, 1.82) is 0 Å². The minimum absolute atomic E-state index is 0.223. The second kappa shape index (κ2) is 7.09. The summed E-state index contributed by atoms with van der Waals surface area (Å²) < 4.78 is 23.4. The van der Waals surface area contributed by atoms with E-state index in [1.165, 1.54) is 0 Å². The summed E-state index contributed by atoms with van der Waals surface area (Å²) in [6.07, 6.45) is 0. The van der Waals surface area contributed by atoms with Gasteiger partial charge in [0.1, 0.15) is 18.5 Å². The molecule has 2 rings (SSSR count). The third-order valence-corrected chi connectivity index (χ3v) is 5.13. The van der Waals surface area contributed by atoms with Gasteiger partial charge in [0.25, 0.3) is 0 Å². The van der Waals surface area contributed by atoms with E-state index in [1.807, 2.05) is 20.8 Å². The van der Waals surface area contributed by atoms with Gasteiger partial charge in [-0.2, -0.15) is 0 Å². The lowest BCUT2D eigenvalue weighted by Gasteiger charge is -2.23. The van der Waals surface area contributed by atoms with Crippen molar-refractivity contribution in [1.82, 2.24) is 5.32 Å². The van der Waals surface area contributed by atoms with Crippen molar-refractivity contribution in [2.24, 2.45) is 0 Å². The van der Waals surface area contributed by atoms with E-state index in [9.17, 15) is 9.00 Å². The highest BCUT2D eigenvalue weighted by Crippen LogP contribution is 2.38. The van der Waals surface area contributed by atoms with E-state index >= 15 is 0 Å². The second-order valence-corrected chi connectivity index (χ2v) is 8.67. The van der Waals surface area contributed by atoms with E-state index in [4.69, 9.17) is 21.1 Å². The molecule has 23 heavy (non-hydrogen) atoms. The first-order chi connectivity index (χ1) is 10.7. The summed E-state index contributed by atoms with van der Waals surface area (Å²) in [5.41, 5.74) is 0.406. The Hall–Kier alpha value is -1.27. The Morgan fingerprint density at radius 1 is 1.35 bits per heavy atom. The van der Waals surface area contributed by atoms with Crippen LogP contribution in [0.15, 0.2) is 12.1 Å². The summed E-state index contributed by atoms with van der Waals surface area (Å²) in [6.45, 7) is 8.25. The monoisotopic (exact) mass is 359 g/mol. The molecule has 1 heterocycles. The van der Waals surface area contributed by atoms with Crippen molar-refractivity contribution in [2.75, 3.05) is 13.2 Å². The molecule has 0 spiro atoms. The normalized spacial score (nSPS) is 16.6. The topological polar surface area (TPSA) is 64.6 Å². The minimum Gasteiger partial charge on any atom is -0.486 e. The molecule has 1 aliphatic rings. The first-order valence-electron chi connectivity index (χ1n) is 7.44. The zero-order valence-electron chi connectivity index (χ0n) is 13.8. The molecule has 7 heteroatoms. The van der Waals surface area contributed by atoms with Crippen LogP contribution < -0.4 is 14.8 Å². The first kappa shape index (κ1) is 18.1. The summed E-state index contributed by atoms with van der Waals surface area (Å²) in [5.74, 6) is 1.09. The molecule has 0 aromatic heterocycles. The van der Waals surface area contributed by atoms with Crippen LogP contribution >= 0.6 is 11.6 Å². The van der Waals surface area contributed by atoms with Gasteiger partial charge in [0, 0.05) is 22.1 Å². The molecule has 1 aromatic rings. The fourth-order valence-corrected chi connectivity index (χ4v) is 3.46. The summed E-state index contributed by atoms with van der Waals surface area (Å²) in [5, 5.41) is 2.67. The van der Waals surface area contributed by atoms with Crippen LogP contribution in [0.4, 0.5) is 0 Å². The third kappa shape index (κ3) is 4.85. The number of fused-ring (bicyclic) bond motifs is 1. The zero-order chi connectivity index (χ0) is 17.2. The van der Waals surface area contributed by atoms with Crippen LogP contribution in [0, 0.1) is 0 Å². The molecule has 0 saturated heterocycles. The molecular weight excluding hydrogens is 338 g/mol. The van der Waals surface area contributed by atoms with Gasteiger partial charge >= 0.3 is 0 Å². The van der Waals surface area contributed by atoms with Crippen molar-refractivity contribution in [2.45, 2.75) is 44.2 Å². The van der Waals surface area contributed by atoms with Crippen LogP contribution in [0.25, 0.3) is 0 Å². The predicted octanol–water partition coefficient (Wildman–Crippen LogP) is 2.66. The SMILES string of the molecule is C[C@@H](C(=O)NC(C)(C)C)[S@@](=O)Cc1cc(Cl)c2c(c1)OCCO2. The van der Waals surface area contributed by atoms with Crippen molar-refractivity contribution >= 4 is 28.3 Å². The molecule has 0 radical (unpaired) electrons. The molecule has 2 atom stereocenters. The van der Waals surface area contributed by atoms with Gasteiger partial charge in [-0.15, -0.1) is 0 Å². The van der Waals surface area contributed by atoms with Gasteiger partial charge in [-0.1, -0.05) is 11.6 Å². The number of hydrogen-bond donors (Lipinski definition) is 1. The summed E-state index contributed by atoms with van der Waals surface area (Å²) in [6, 6.07) is 3.48. The molecule has 1 N–H and O–H groups in total. The highest BCUT2D eigenvalue weighted by atomic mass is 35.5. The van der Waals surface area contributed by atoms with Crippen LogP contribution in [0.5, 0.6) is 11.5 Å². The highest BCUT2D eigenvalue weighted by molar-refractivity contribution is 7.85. The van der Waals surface area contributed by atoms with Crippen LogP contribution in [-0.4, -0.2) is 34.1 Å². The van der Waals surface area contributed by atoms with Crippen LogP contribution in [0.3, 0.4) is 0 Å². The van der Waals surface area contributed by atoms with Crippen LogP contribution in [0.2, 0.25) is 5.02 Å². The molecule has 0 unspecified atom stereocenters. The van der Waals surface area contributed by atoms with Gasteiger partial charge in [-0.3, -0.25) is 9.00 Å². The standard InChI is InChI=1S/C16H22ClNO4S/c1-10(15(19)18-16(2,3)4)23(20)9-11-7-12(17)14-13(8-11)21-5-6-22-14/h7-8,10H,5-6,9H2,1-4H3,(H,18,19)/t10-,23-/m0/s1. The number of carbonyl (C=O) groups excluding carboxylic acids is 1. The molecule has 5 nitrogen and oxygen atoms in total. The Kier molecular flexibility index (Phi) is 5.57. The van der Waals surface area contributed by atoms with Crippen molar-refractivity contribution in [3.63, 3.8) is 0 Å². The Morgan fingerprint density at radius 2 is 2.00 bits per heavy atom. The maximum atomic E-state index is 12.5. The molecular formula is C16H22ClNO4S. The number of nitrogens with one attached hydrogen (secondary N) is 1. The van der Waals surface area contributed by atoms with E-state index in [-0.39, 0.29) is 17.2 Å². The fourth-order valence-electron chi connectivity index (χ4n) is 2.13. The lowest BCUT2D eigenvalue weighted by Crippen LogP contribution is -2.46. The number of ether oxygens (including phenoxy) is 2. The fraction of sp³-hybridized carbons (Fsp3) is 0.562. The summed E-state index contributed by atoms with van der Waals surface area (Å²) >= 11 is 6.18. The maximum absolute atomic E-state index is 12.5. The smallest absolute Gasteiger partial charge is 0.235 e. The van der Waals surface area contributed by atoms with Gasteiger partial charge in [0.2, 0.25) is 5.91 Å². The third-order valence-electron chi connectivity index (χ3n) is 3.23. The number of rotatable bonds is 4. The zero-order valence-corrected chi connectivity index (χ0v) is 15.3. The van der Waals surface area contributed by atoms with E-state index in [0.717, 1.165) is 5.56 Å². The molecule has 1 aliphatic heterocycles. The quantitative estimate of drug-likeness (QED) is 0.897. The lowest BCUT2D eigenvalue weighted by atomic mass is 10.1. The second-order valence-electron chi connectivity index (χ2n) is 6.51. The summed E-state index contributed by atoms with van der Waals surface area (Å²) in [7, 11) is -1.36. The average Bonchev–Trinajstić information content (AvgIpc) is 2.44. The van der Waals surface area contributed by atoms with Crippen molar-refractivity contribution in [3.8, 4) is 11.5 Å². The van der Waals surface area contributed by atoms with Gasteiger partial charge in [-0.25, -0.2) is 0 Å². The van der Waals surface area contributed by atoms with Gasteiger partial charge < -0.3 is 14.8 Å². The number of amides is 1. The van der Waals surface area contributed by atoms with E-state index in [1.54, 1.807) is 19.1 Å². The number of benzene rings is 1. The molecule has 0 bridgehead atoms. The Bertz CT molecular complexity index is 627. The largest absolute Gasteiger partial charge is 0.486 e. The molecule has 0 saturated carbocycles. The van der Waals surface area contributed by atoms with Crippen LogP contribution in [0.1, 0.15) is 33.3 Å². The van der Waals surface area contributed by atoms with Crippen molar-refractivity contribution in [3.05, 3.63) is 22.7 Å². The molecule has 128 valence electrons. The Labute approximate surface area is 144 Å². The van der Waals surface area contributed by atoms with E-state index in [2.05, 4.69) is 5.32 Å². The number of hydrogen-bond acceptors (Lipinski definition) is 4. The highest BCUT2D eigenvalue weighted by Gasteiger charge is 2.25. The summed E-state index contributed by atoms with van der Waals surface area (Å²) in [4.78, 5) is 12.1. The van der Waals surface area contributed by atoms with E-state index in [0.29, 0.717) is 29.7 Å². The average molecular weight is 360 g/mol. The maximum Gasteiger partial charge on any atom is 0.235 e. The minimum atomic E-state index is -1.36. The Morgan fingerprint density at radius 3 is 2.65 bits per heavy atom. The number of halogens is 1. The molecule has 0 aliphatic carbocycles. The van der Waals surface area contributed by atoms with Gasteiger partial charge in [-0.05, 0) is 45.4 Å². The van der Waals surface area contributed by atoms with Gasteiger partial charge in [0.15, 0.2) is 11.5 Å². The lowest BCUT2D eigenvalue weighted by molar-refractivity contribution is -0.121. The number of carbonyl (C=O) groups is 1. The van der Waals surface area contributed by atoms with Gasteiger partial charge in [0.05, 0.1) is 5.02 Å². The van der Waals surface area contributed by atoms with E-state index < -0.39 is 16.0 Å². The first-order valence-corrected chi connectivity index (χ1v) is 9.20. The van der Waals surface area contributed by atoms with Crippen LogP contribution in [-0.2, 0) is 21.3 Å². The van der Waals surface area contributed by atoms with Crippen molar-refractivity contribution < 1.29 is 18.5 Å². The molecule has 0 fully saturated rings. The Balaban J connectivity index is 2.08. The molecule has 1 amide bonds. The predicted molar refractivity (Wildman–Crippen MR) is 91.6 cm³/mol.